The molecular formula is C12H19N3. The van der Waals surface area contributed by atoms with Gasteiger partial charge in [-0.1, -0.05) is 6.92 Å². The van der Waals surface area contributed by atoms with E-state index in [2.05, 4.69) is 29.1 Å². The topological polar surface area (TPSA) is 37.8 Å². The lowest BCUT2D eigenvalue weighted by Crippen LogP contribution is -2.08. The molecule has 0 saturated heterocycles. The number of rotatable bonds is 4. The van der Waals surface area contributed by atoms with Crippen molar-refractivity contribution in [3.8, 4) is 0 Å². The SMILES string of the molecule is CCCc1nc2c(c(NCC)n1)CCC2. The molecule has 2 rings (SSSR count). The van der Waals surface area contributed by atoms with Crippen molar-refractivity contribution < 1.29 is 0 Å². The van der Waals surface area contributed by atoms with Crippen LogP contribution in [0.5, 0.6) is 0 Å². The van der Waals surface area contributed by atoms with Crippen LogP contribution in [0.2, 0.25) is 0 Å². The van der Waals surface area contributed by atoms with Crippen molar-refractivity contribution in [1.82, 2.24) is 9.97 Å². The number of fused-ring (bicyclic) bond motifs is 1. The Morgan fingerprint density at radius 2 is 2.07 bits per heavy atom. The Morgan fingerprint density at radius 3 is 2.80 bits per heavy atom. The van der Waals surface area contributed by atoms with Crippen LogP contribution in [-0.4, -0.2) is 16.5 Å². The second-order valence-corrected chi connectivity index (χ2v) is 4.05. The van der Waals surface area contributed by atoms with E-state index in [-0.39, 0.29) is 0 Å². The molecule has 0 radical (unpaired) electrons. The second-order valence-electron chi connectivity index (χ2n) is 4.05. The molecule has 3 nitrogen and oxygen atoms in total. The maximum Gasteiger partial charge on any atom is 0.133 e. The highest BCUT2D eigenvalue weighted by molar-refractivity contribution is 5.48. The van der Waals surface area contributed by atoms with Gasteiger partial charge in [0.1, 0.15) is 11.6 Å². The van der Waals surface area contributed by atoms with Gasteiger partial charge in [0.2, 0.25) is 0 Å². The lowest BCUT2D eigenvalue weighted by Gasteiger charge is -2.10. The summed E-state index contributed by atoms with van der Waals surface area (Å²) in [6, 6.07) is 0. The summed E-state index contributed by atoms with van der Waals surface area (Å²) in [6.45, 7) is 5.22. The molecule has 1 aromatic rings. The number of nitrogens with one attached hydrogen (secondary N) is 1. The van der Waals surface area contributed by atoms with Gasteiger partial charge in [0.05, 0.1) is 0 Å². The zero-order valence-electron chi connectivity index (χ0n) is 9.64. The molecule has 0 fully saturated rings. The number of hydrogen-bond donors (Lipinski definition) is 1. The molecule has 3 heteroatoms. The molecular weight excluding hydrogens is 186 g/mol. The van der Waals surface area contributed by atoms with Gasteiger partial charge in [0.25, 0.3) is 0 Å². The van der Waals surface area contributed by atoms with Gasteiger partial charge < -0.3 is 5.32 Å². The molecule has 82 valence electrons. The smallest absolute Gasteiger partial charge is 0.133 e. The third kappa shape index (κ3) is 2.11. The molecule has 0 aromatic carbocycles. The maximum atomic E-state index is 4.63. The largest absolute Gasteiger partial charge is 0.370 e. The van der Waals surface area contributed by atoms with E-state index in [0.29, 0.717) is 0 Å². The van der Waals surface area contributed by atoms with Crippen LogP contribution in [0.3, 0.4) is 0 Å². The molecule has 1 N–H and O–H groups in total. The minimum Gasteiger partial charge on any atom is -0.370 e. The third-order valence-electron chi connectivity index (χ3n) is 2.80. The first-order valence-corrected chi connectivity index (χ1v) is 5.97. The van der Waals surface area contributed by atoms with Crippen molar-refractivity contribution in [3.05, 3.63) is 17.1 Å². The standard InChI is InChI=1S/C12H19N3/c1-3-6-11-14-10-8-5-7-9(10)12(15-11)13-4-2/h3-8H2,1-2H3,(H,13,14,15). The first-order valence-electron chi connectivity index (χ1n) is 5.97. The van der Waals surface area contributed by atoms with E-state index in [1.165, 1.54) is 17.7 Å². The average Bonchev–Trinajstić information content (AvgIpc) is 2.67. The summed E-state index contributed by atoms with van der Waals surface area (Å²) in [5.41, 5.74) is 2.64. The molecule has 0 unspecified atom stereocenters. The molecule has 1 aliphatic carbocycles. The Balaban J connectivity index is 2.34. The molecule has 15 heavy (non-hydrogen) atoms. The van der Waals surface area contributed by atoms with Gasteiger partial charge in [-0.25, -0.2) is 9.97 Å². The van der Waals surface area contributed by atoms with E-state index in [9.17, 15) is 0 Å². The van der Waals surface area contributed by atoms with Gasteiger partial charge in [-0.05, 0) is 32.6 Å². The predicted octanol–water partition coefficient (Wildman–Crippen LogP) is 2.35. The lowest BCUT2D eigenvalue weighted by atomic mass is 10.2. The third-order valence-corrected chi connectivity index (χ3v) is 2.80. The first-order chi connectivity index (χ1) is 7.35. The molecule has 1 heterocycles. The molecule has 0 aliphatic heterocycles. The Hall–Kier alpha value is -1.12. The van der Waals surface area contributed by atoms with E-state index in [4.69, 9.17) is 0 Å². The van der Waals surface area contributed by atoms with Crippen LogP contribution in [-0.2, 0) is 19.3 Å². The fraction of sp³-hybridized carbons (Fsp3) is 0.667. The molecule has 0 atom stereocenters. The van der Waals surface area contributed by atoms with Crippen LogP contribution in [0.1, 0.15) is 43.8 Å². The van der Waals surface area contributed by atoms with Gasteiger partial charge in [-0.15, -0.1) is 0 Å². The van der Waals surface area contributed by atoms with Gasteiger partial charge in [0, 0.05) is 24.2 Å². The normalized spacial score (nSPS) is 14.0. The van der Waals surface area contributed by atoms with Crippen LogP contribution >= 0.6 is 0 Å². The minimum atomic E-state index is 0.940. The van der Waals surface area contributed by atoms with Gasteiger partial charge in [0.15, 0.2) is 0 Å². The van der Waals surface area contributed by atoms with Gasteiger partial charge in [-0.3, -0.25) is 0 Å². The summed E-state index contributed by atoms with van der Waals surface area (Å²) in [5, 5.41) is 3.36. The van der Waals surface area contributed by atoms with E-state index < -0.39 is 0 Å². The molecule has 1 aliphatic rings. The fourth-order valence-electron chi connectivity index (χ4n) is 2.13. The van der Waals surface area contributed by atoms with E-state index in [0.717, 1.165) is 43.9 Å². The summed E-state index contributed by atoms with van der Waals surface area (Å²) >= 11 is 0. The number of aryl methyl sites for hydroxylation is 2. The quantitative estimate of drug-likeness (QED) is 0.820. The second kappa shape index (κ2) is 4.60. The predicted molar refractivity (Wildman–Crippen MR) is 62.2 cm³/mol. The summed E-state index contributed by atoms with van der Waals surface area (Å²) in [6.07, 6.45) is 5.62. The monoisotopic (exact) mass is 205 g/mol. The summed E-state index contributed by atoms with van der Waals surface area (Å²) < 4.78 is 0. The number of anilines is 1. The summed E-state index contributed by atoms with van der Waals surface area (Å²) in [4.78, 5) is 9.24. The molecule has 0 bridgehead atoms. The highest BCUT2D eigenvalue weighted by Crippen LogP contribution is 2.26. The minimum absolute atomic E-state index is 0.940. The Labute approximate surface area is 91.3 Å². The first kappa shape index (κ1) is 10.4. The number of nitrogens with zero attached hydrogens (tertiary/aromatic N) is 2. The van der Waals surface area contributed by atoms with Crippen molar-refractivity contribution >= 4 is 5.82 Å². The maximum absolute atomic E-state index is 4.63. The van der Waals surface area contributed by atoms with Gasteiger partial charge in [-0.2, -0.15) is 0 Å². The van der Waals surface area contributed by atoms with E-state index >= 15 is 0 Å². The highest BCUT2D eigenvalue weighted by atomic mass is 15.0. The fourth-order valence-corrected chi connectivity index (χ4v) is 2.13. The van der Waals surface area contributed by atoms with E-state index in [1.54, 1.807) is 0 Å². The highest BCUT2D eigenvalue weighted by Gasteiger charge is 2.18. The lowest BCUT2D eigenvalue weighted by molar-refractivity contribution is 0.815. The molecule has 0 saturated carbocycles. The van der Waals surface area contributed by atoms with Crippen LogP contribution in [0.25, 0.3) is 0 Å². The van der Waals surface area contributed by atoms with Crippen molar-refractivity contribution in [1.29, 1.82) is 0 Å². The summed E-state index contributed by atoms with van der Waals surface area (Å²) in [7, 11) is 0. The number of hydrogen-bond acceptors (Lipinski definition) is 3. The zero-order chi connectivity index (χ0) is 10.7. The van der Waals surface area contributed by atoms with E-state index in [1.807, 2.05) is 0 Å². The van der Waals surface area contributed by atoms with Crippen molar-refractivity contribution in [3.63, 3.8) is 0 Å². The average molecular weight is 205 g/mol. The van der Waals surface area contributed by atoms with Gasteiger partial charge >= 0.3 is 0 Å². The Bertz CT molecular complexity index is 347. The van der Waals surface area contributed by atoms with Crippen molar-refractivity contribution in [2.75, 3.05) is 11.9 Å². The zero-order valence-corrected chi connectivity index (χ0v) is 9.64. The van der Waals surface area contributed by atoms with Crippen molar-refractivity contribution in [2.24, 2.45) is 0 Å². The van der Waals surface area contributed by atoms with Crippen LogP contribution in [0, 0.1) is 0 Å². The van der Waals surface area contributed by atoms with Crippen LogP contribution < -0.4 is 5.32 Å². The van der Waals surface area contributed by atoms with Crippen LogP contribution in [0.15, 0.2) is 0 Å². The Kier molecular flexibility index (Phi) is 3.19. The Morgan fingerprint density at radius 1 is 1.20 bits per heavy atom. The molecule has 0 spiro atoms. The van der Waals surface area contributed by atoms with Crippen molar-refractivity contribution in [2.45, 2.75) is 46.0 Å². The molecule has 0 amide bonds. The van der Waals surface area contributed by atoms with Crippen LogP contribution in [0.4, 0.5) is 5.82 Å². The summed E-state index contributed by atoms with van der Waals surface area (Å²) in [5.74, 6) is 2.09. The molecule has 1 aromatic heterocycles. The number of aromatic nitrogens is 2.